The number of carboxylic acids is 1. The standard InChI is InChI=1S/C10H16N2O3/c13-9(7-6-8(7)10(14)15)12-4-1-2-11-3-5-12/h7-8,11H,1-6H2,(H,14,15). The Morgan fingerprint density at radius 3 is 2.67 bits per heavy atom. The third-order valence-corrected chi connectivity index (χ3v) is 3.08. The van der Waals surface area contributed by atoms with Crippen LogP contribution in [0.4, 0.5) is 0 Å². The van der Waals surface area contributed by atoms with Crippen LogP contribution in [0.25, 0.3) is 0 Å². The molecule has 0 aromatic carbocycles. The van der Waals surface area contributed by atoms with Gasteiger partial charge < -0.3 is 15.3 Å². The van der Waals surface area contributed by atoms with Crippen molar-refractivity contribution < 1.29 is 14.7 Å². The normalized spacial score (nSPS) is 30.8. The molecular weight excluding hydrogens is 196 g/mol. The zero-order valence-electron chi connectivity index (χ0n) is 8.61. The van der Waals surface area contributed by atoms with E-state index in [4.69, 9.17) is 5.11 Å². The summed E-state index contributed by atoms with van der Waals surface area (Å²) in [6, 6.07) is 0. The Balaban J connectivity index is 1.88. The highest BCUT2D eigenvalue weighted by Crippen LogP contribution is 2.40. The van der Waals surface area contributed by atoms with E-state index in [1.807, 2.05) is 0 Å². The topological polar surface area (TPSA) is 69.6 Å². The number of nitrogens with one attached hydrogen (secondary N) is 1. The summed E-state index contributed by atoms with van der Waals surface area (Å²) in [5.41, 5.74) is 0. The molecule has 0 radical (unpaired) electrons. The minimum absolute atomic E-state index is 0.0334. The van der Waals surface area contributed by atoms with Crippen LogP contribution in [0.2, 0.25) is 0 Å². The molecule has 84 valence electrons. The van der Waals surface area contributed by atoms with Crippen LogP contribution in [-0.2, 0) is 9.59 Å². The van der Waals surface area contributed by atoms with Crippen LogP contribution in [0.1, 0.15) is 12.8 Å². The quantitative estimate of drug-likeness (QED) is 0.649. The van der Waals surface area contributed by atoms with Crippen LogP contribution in [0.15, 0.2) is 0 Å². The number of amides is 1. The minimum Gasteiger partial charge on any atom is -0.481 e. The van der Waals surface area contributed by atoms with Crippen LogP contribution >= 0.6 is 0 Å². The van der Waals surface area contributed by atoms with Gasteiger partial charge in [-0.2, -0.15) is 0 Å². The molecule has 1 heterocycles. The molecule has 1 aliphatic heterocycles. The minimum atomic E-state index is -0.832. The first-order valence-electron chi connectivity index (χ1n) is 5.42. The van der Waals surface area contributed by atoms with Crippen molar-refractivity contribution in [1.29, 1.82) is 0 Å². The van der Waals surface area contributed by atoms with Gasteiger partial charge in [-0.1, -0.05) is 0 Å². The van der Waals surface area contributed by atoms with Gasteiger partial charge in [-0.15, -0.1) is 0 Å². The van der Waals surface area contributed by atoms with Crippen LogP contribution in [0.3, 0.4) is 0 Å². The lowest BCUT2D eigenvalue weighted by Gasteiger charge is -2.19. The maximum atomic E-state index is 11.9. The van der Waals surface area contributed by atoms with Gasteiger partial charge in [-0.05, 0) is 19.4 Å². The molecule has 0 spiro atoms. The molecule has 0 aromatic heterocycles. The van der Waals surface area contributed by atoms with E-state index in [-0.39, 0.29) is 11.8 Å². The van der Waals surface area contributed by atoms with Crippen molar-refractivity contribution in [2.75, 3.05) is 26.2 Å². The van der Waals surface area contributed by atoms with Crippen molar-refractivity contribution in [2.24, 2.45) is 11.8 Å². The largest absolute Gasteiger partial charge is 0.481 e. The Morgan fingerprint density at radius 2 is 2.00 bits per heavy atom. The fourth-order valence-electron chi connectivity index (χ4n) is 2.04. The van der Waals surface area contributed by atoms with Gasteiger partial charge in [-0.25, -0.2) is 0 Å². The number of carboxylic acid groups (broad SMARTS) is 1. The van der Waals surface area contributed by atoms with E-state index in [0.29, 0.717) is 13.0 Å². The molecule has 2 unspecified atom stereocenters. The second kappa shape index (κ2) is 4.18. The lowest BCUT2D eigenvalue weighted by molar-refractivity contribution is -0.141. The van der Waals surface area contributed by atoms with Crippen molar-refractivity contribution in [1.82, 2.24) is 10.2 Å². The number of nitrogens with zero attached hydrogens (tertiary/aromatic N) is 1. The van der Waals surface area contributed by atoms with Gasteiger partial charge in [0.05, 0.1) is 11.8 Å². The molecule has 1 amide bonds. The Morgan fingerprint density at radius 1 is 1.20 bits per heavy atom. The molecule has 2 aliphatic rings. The smallest absolute Gasteiger partial charge is 0.307 e. The van der Waals surface area contributed by atoms with Crippen molar-refractivity contribution >= 4 is 11.9 Å². The van der Waals surface area contributed by atoms with E-state index < -0.39 is 11.9 Å². The summed E-state index contributed by atoms with van der Waals surface area (Å²) in [6.45, 7) is 3.23. The SMILES string of the molecule is O=C(O)C1CC1C(=O)N1CCCNCC1. The third kappa shape index (κ3) is 2.28. The average Bonchev–Trinajstić information content (AvgIpc) is 3.02. The monoisotopic (exact) mass is 212 g/mol. The highest BCUT2D eigenvalue weighted by atomic mass is 16.4. The first kappa shape index (κ1) is 10.4. The molecule has 2 rings (SSSR count). The lowest BCUT2D eigenvalue weighted by Crippen LogP contribution is -2.35. The molecule has 0 aromatic rings. The molecule has 5 nitrogen and oxygen atoms in total. The van der Waals surface area contributed by atoms with Gasteiger partial charge in [-0.3, -0.25) is 9.59 Å². The summed E-state index contributed by atoms with van der Waals surface area (Å²) in [5.74, 6) is -1.47. The number of hydrogen-bond donors (Lipinski definition) is 2. The molecule has 5 heteroatoms. The second-order valence-electron chi connectivity index (χ2n) is 4.22. The maximum absolute atomic E-state index is 11.9. The number of aliphatic carboxylic acids is 1. The van der Waals surface area contributed by atoms with Crippen molar-refractivity contribution in [3.63, 3.8) is 0 Å². The number of carbonyl (C=O) groups excluding carboxylic acids is 1. The van der Waals surface area contributed by atoms with Gasteiger partial charge in [0.15, 0.2) is 0 Å². The predicted octanol–water partition coefficient (Wildman–Crippen LogP) is -0.471. The Bertz CT molecular complexity index is 272. The maximum Gasteiger partial charge on any atom is 0.307 e. The zero-order valence-corrected chi connectivity index (χ0v) is 8.61. The van der Waals surface area contributed by atoms with Crippen molar-refractivity contribution in [3.8, 4) is 0 Å². The molecule has 15 heavy (non-hydrogen) atoms. The second-order valence-corrected chi connectivity index (χ2v) is 4.22. The highest BCUT2D eigenvalue weighted by Gasteiger charge is 2.49. The summed E-state index contributed by atoms with van der Waals surface area (Å²) in [4.78, 5) is 24.3. The molecule has 1 aliphatic carbocycles. The summed E-state index contributed by atoms with van der Waals surface area (Å²) in [6.07, 6.45) is 1.48. The average molecular weight is 212 g/mol. The first-order valence-corrected chi connectivity index (χ1v) is 5.42. The number of carbonyl (C=O) groups is 2. The van der Waals surface area contributed by atoms with Crippen LogP contribution < -0.4 is 5.32 Å². The fraction of sp³-hybridized carbons (Fsp3) is 0.800. The molecule has 2 atom stereocenters. The molecule has 0 bridgehead atoms. The van der Waals surface area contributed by atoms with E-state index in [1.165, 1.54) is 0 Å². The van der Waals surface area contributed by atoms with E-state index in [9.17, 15) is 9.59 Å². The lowest BCUT2D eigenvalue weighted by atomic mass is 10.2. The van der Waals surface area contributed by atoms with E-state index in [0.717, 1.165) is 26.1 Å². The summed E-state index contributed by atoms with van der Waals surface area (Å²) in [7, 11) is 0. The number of rotatable bonds is 2. The van der Waals surface area contributed by atoms with Gasteiger partial charge in [0.1, 0.15) is 0 Å². The Labute approximate surface area is 88.4 Å². The van der Waals surface area contributed by atoms with E-state index in [1.54, 1.807) is 4.90 Å². The number of hydrogen-bond acceptors (Lipinski definition) is 3. The highest BCUT2D eigenvalue weighted by molar-refractivity contribution is 5.89. The van der Waals surface area contributed by atoms with Gasteiger partial charge in [0.2, 0.25) is 5.91 Å². The molecular formula is C10H16N2O3. The Hall–Kier alpha value is -1.10. The summed E-state index contributed by atoms with van der Waals surface area (Å²) < 4.78 is 0. The first-order chi connectivity index (χ1) is 7.20. The Kier molecular flexibility index (Phi) is 2.90. The zero-order chi connectivity index (χ0) is 10.8. The summed E-state index contributed by atoms with van der Waals surface area (Å²) in [5, 5.41) is 12.0. The van der Waals surface area contributed by atoms with Gasteiger partial charge in [0.25, 0.3) is 0 Å². The van der Waals surface area contributed by atoms with Crippen LogP contribution in [-0.4, -0.2) is 48.1 Å². The molecule has 2 fully saturated rings. The van der Waals surface area contributed by atoms with Crippen LogP contribution in [0, 0.1) is 11.8 Å². The predicted molar refractivity (Wildman–Crippen MR) is 53.3 cm³/mol. The van der Waals surface area contributed by atoms with Crippen LogP contribution in [0.5, 0.6) is 0 Å². The third-order valence-electron chi connectivity index (χ3n) is 3.08. The summed E-state index contributed by atoms with van der Waals surface area (Å²) >= 11 is 0. The van der Waals surface area contributed by atoms with E-state index >= 15 is 0 Å². The van der Waals surface area contributed by atoms with Gasteiger partial charge >= 0.3 is 5.97 Å². The molecule has 1 saturated heterocycles. The molecule has 2 N–H and O–H groups in total. The fourth-order valence-corrected chi connectivity index (χ4v) is 2.04. The van der Waals surface area contributed by atoms with Gasteiger partial charge in [0, 0.05) is 19.6 Å². The molecule has 1 saturated carbocycles. The van der Waals surface area contributed by atoms with Crippen molar-refractivity contribution in [3.05, 3.63) is 0 Å². The van der Waals surface area contributed by atoms with E-state index in [2.05, 4.69) is 5.32 Å². The van der Waals surface area contributed by atoms with Crippen molar-refractivity contribution in [2.45, 2.75) is 12.8 Å².